The molecule has 13 heavy (non-hydrogen) atoms. The minimum Gasteiger partial charge on any atom is -0.359 e. The van der Waals surface area contributed by atoms with Gasteiger partial charge in [0.25, 0.3) is 0 Å². The highest BCUT2D eigenvalue weighted by Crippen LogP contribution is 2.16. The fourth-order valence-corrected chi connectivity index (χ4v) is 1.85. The number of piperidine rings is 1. The zero-order valence-electron chi connectivity index (χ0n) is 8.44. The molecule has 0 bridgehead atoms. The summed E-state index contributed by atoms with van der Waals surface area (Å²) in [7, 11) is 1.70. The van der Waals surface area contributed by atoms with Gasteiger partial charge in [0, 0.05) is 13.5 Å². The predicted molar refractivity (Wildman–Crippen MR) is 53.5 cm³/mol. The Labute approximate surface area is 80.3 Å². The number of rotatable bonds is 4. The van der Waals surface area contributed by atoms with Crippen molar-refractivity contribution in [3.8, 4) is 0 Å². The Balaban J connectivity index is 2.01. The van der Waals surface area contributed by atoms with Gasteiger partial charge < -0.3 is 10.6 Å². The van der Waals surface area contributed by atoms with Crippen LogP contribution in [0.1, 0.15) is 32.1 Å². The third kappa shape index (κ3) is 4.27. The first kappa shape index (κ1) is 10.5. The van der Waals surface area contributed by atoms with Crippen molar-refractivity contribution in [1.29, 1.82) is 0 Å². The number of hydrogen-bond acceptors (Lipinski definition) is 2. The van der Waals surface area contributed by atoms with Gasteiger partial charge >= 0.3 is 0 Å². The summed E-state index contributed by atoms with van der Waals surface area (Å²) >= 11 is 0. The molecule has 1 fully saturated rings. The van der Waals surface area contributed by atoms with E-state index in [4.69, 9.17) is 0 Å². The van der Waals surface area contributed by atoms with E-state index in [0.717, 1.165) is 18.9 Å². The van der Waals surface area contributed by atoms with Crippen LogP contribution in [0.2, 0.25) is 0 Å². The zero-order valence-corrected chi connectivity index (χ0v) is 8.44. The van der Waals surface area contributed by atoms with E-state index >= 15 is 0 Å². The van der Waals surface area contributed by atoms with E-state index in [9.17, 15) is 4.79 Å². The standard InChI is InChI=1S/C10H20N2O/c1-11-10(13)6-2-4-9-5-3-7-12-8-9/h9,12H,2-8H2,1H3,(H,11,13). The number of amides is 1. The van der Waals surface area contributed by atoms with E-state index in [2.05, 4.69) is 10.6 Å². The lowest BCUT2D eigenvalue weighted by atomic mass is 9.94. The quantitative estimate of drug-likeness (QED) is 0.681. The molecule has 0 aromatic heterocycles. The Kier molecular flexibility index (Phi) is 4.83. The Hall–Kier alpha value is -0.570. The molecule has 3 nitrogen and oxygen atoms in total. The first-order valence-corrected chi connectivity index (χ1v) is 5.24. The molecule has 0 saturated carbocycles. The van der Waals surface area contributed by atoms with Crippen molar-refractivity contribution in [2.75, 3.05) is 20.1 Å². The van der Waals surface area contributed by atoms with Crippen LogP contribution in [0.25, 0.3) is 0 Å². The summed E-state index contributed by atoms with van der Waals surface area (Å²) in [6.07, 6.45) is 5.55. The topological polar surface area (TPSA) is 41.1 Å². The lowest BCUT2D eigenvalue weighted by Crippen LogP contribution is -2.29. The van der Waals surface area contributed by atoms with E-state index in [0.29, 0.717) is 6.42 Å². The smallest absolute Gasteiger partial charge is 0.219 e. The summed E-state index contributed by atoms with van der Waals surface area (Å²) in [6.45, 7) is 2.32. The highest BCUT2D eigenvalue weighted by atomic mass is 16.1. The molecule has 3 heteroatoms. The number of hydrogen-bond donors (Lipinski definition) is 2. The van der Waals surface area contributed by atoms with E-state index in [-0.39, 0.29) is 5.91 Å². The lowest BCUT2D eigenvalue weighted by Gasteiger charge is -2.22. The summed E-state index contributed by atoms with van der Waals surface area (Å²) in [4.78, 5) is 10.9. The molecule has 1 unspecified atom stereocenters. The first-order chi connectivity index (χ1) is 6.33. The average Bonchev–Trinajstić information content (AvgIpc) is 2.19. The highest BCUT2D eigenvalue weighted by molar-refractivity contribution is 5.75. The van der Waals surface area contributed by atoms with Crippen molar-refractivity contribution in [2.45, 2.75) is 32.1 Å². The third-order valence-electron chi connectivity index (χ3n) is 2.69. The van der Waals surface area contributed by atoms with Crippen LogP contribution in [0.3, 0.4) is 0 Å². The van der Waals surface area contributed by atoms with Gasteiger partial charge in [-0.05, 0) is 44.7 Å². The van der Waals surface area contributed by atoms with Crippen LogP contribution in [0.5, 0.6) is 0 Å². The monoisotopic (exact) mass is 184 g/mol. The molecule has 0 aromatic rings. The second kappa shape index (κ2) is 5.97. The van der Waals surface area contributed by atoms with Crippen LogP contribution in [0, 0.1) is 5.92 Å². The largest absolute Gasteiger partial charge is 0.359 e. The molecule has 1 saturated heterocycles. The van der Waals surface area contributed by atoms with Gasteiger partial charge in [-0.15, -0.1) is 0 Å². The maximum absolute atomic E-state index is 10.9. The van der Waals surface area contributed by atoms with Crippen molar-refractivity contribution >= 4 is 5.91 Å². The van der Waals surface area contributed by atoms with Gasteiger partial charge in [0.1, 0.15) is 0 Å². The Morgan fingerprint density at radius 3 is 3.08 bits per heavy atom. The second-order valence-corrected chi connectivity index (χ2v) is 3.78. The summed E-state index contributed by atoms with van der Waals surface area (Å²) in [5.74, 6) is 0.974. The van der Waals surface area contributed by atoms with E-state index in [1.165, 1.54) is 25.8 Å². The molecular formula is C10H20N2O. The molecule has 1 heterocycles. The normalized spacial score (nSPS) is 22.7. The van der Waals surface area contributed by atoms with Crippen LogP contribution in [-0.4, -0.2) is 26.0 Å². The van der Waals surface area contributed by atoms with Gasteiger partial charge in [0.2, 0.25) is 5.91 Å². The molecule has 1 rings (SSSR count). The van der Waals surface area contributed by atoms with Crippen LogP contribution < -0.4 is 10.6 Å². The molecule has 0 aromatic carbocycles. The number of nitrogens with one attached hydrogen (secondary N) is 2. The van der Waals surface area contributed by atoms with Crippen LogP contribution >= 0.6 is 0 Å². The van der Waals surface area contributed by atoms with Crippen molar-refractivity contribution < 1.29 is 4.79 Å². The van der Waals surface area contributed by atoms with Crippen LogP contribution in [0.15, 0.2) is 0 Å². The summed E-state index contributed by atoms with van der Waals surface area (Å²) < 4.78 is 0. The maximum Gasteiger partial charge on any atom is 0.219 e. The molecule has 0 aliphatic carbocycles. The van der Waals surface area contributed by atoms with E-state index in [1.807, 2.05) is 0 Å². The van der Waals surface area contributed by atoms with Crippen LogP contribution in [-0.2, 0) is 4.79 Å². The van der Waals surface area contributed by atoms with Crippen molar-refractivity contribution in [3.05, 3.63) is 0 Å². The number of carbonyl (C=O) groups is 1. The SMILES string of the molecule is CNC(=O)CCCC1CCCNC1. The predicted octanol–water partition coefficient (Wildman–Crippen LogP) is 0.902. The van der Waals surface area contributed by atoms with E-state index in [1.54, 1.807) is 7.05 Å². The van der Waals surface area contributed by atoms with Crippen molar-refractivity contribution in [2.24, 2.45) is 5.92 Å². The molecule has 0 radical (unpaired) electrons. The second-order valence-electron chi connectivity index (χ2n) is 3.78. The molecule has 1 aliphatic rings. The molecule has 1 aliphatic heterocycles. The van der Waals surface area contributed by atoms with Gasteiger partial charge in [-0.3, -0.25) is 4.79 Å². The molecule has 2 N–H and O–H groups in total. The first-order valence-electron chi connectivity index (χ1n) is 5.24. The zero-order chi connectivity index (χ0) is 9.52. The minimum absolute atomic E-state index is 0.170. The molecule has 1 amide bonds. The molecular weight excluding hydrogens is 164 g/mol. The van der Waals surface area contributed by atoms with Crippen LogP contribution in [0.4, 0.5) is 0 Å². The van der Waals surface area contributed by atoms with Gasteiger partial charge in [-0.1, -0.05) is 0 Å². The average molecular weight is 184 g/mol. The number of carbonyl (C=O) groups excluding carboxylic acids is 1. The van der Waals surface area contributed by atoms with Gasteiger partial charge in [0.05, 0.1) is 0 Å². The maximum atomic E-state index is 10.9. The Bertz CT molecular complexity index is 153. The molecule has 76 valence electrons. The molecule has 1 atom stereocenters. The van der Waals surface area contributed by atoms with Crippen molar-refractivity contribution in [1.82, 2.24) is 10.6 Å². The van der Waals surface area contributed by atoms with Gasteiger partial charge in [-0.25, -0.2) is 0 Å². The van der Waals surface area contributed by atoms with Gasteiger partial charge in [-0.2, -0.15) is 0 Å². The minimum atomic E-state index is 0.170. The fourth-order valence-electron chi connectivity index (χ4n) is 1.85. The fraction of sp³-hybridized carbons (Fsp3) is 0.900. The molecule has 0 spiro atoms. The Morgan fingerprint density at radius 1 is 1.62 bits per heavy atom. The van der Waals surface area contributed by atoms with Crippen molar-refractivity contribution in [3.63, 3.8) is 0 Å². The summed E-state index contributed by atoms with van der Waals surface area (Å²) in [6, 6.07) is 0. The van der Waals surface area contributed by atoms with Gasteiger partial charge in [0.15, 0.2) is 0 Å². The van der Waals surface area contributed by atoms with E-state index < -0.39 is 0 Å². The Morgan fingerprint density at radius 2 is 2.46 bits per heavy atom. The summed E-state index contributed by atoms with van der Waals surface area (Å²) in [5.41, 5.74) is 0. The summed E-state index contributed by atoms with van der Waals surface area (Å²) in [5, 5.41) is 6.03. The third-order valence-corrected chi connectivity index (χ3v) is 2.69. The lowest BCUT2D eigenvalue weighted by molar-refractivity contribution is -0.120. The highest BCUT2D eigenvalue weighted by Gasteiger charge is 2.12.